The number of hydrogen-bond donors (Lipinski definition) is 2. The Balaban J connectivity index is 2.89. The first-order valence-corrected chi connectivity index (χ1v) is 7.26. The molecule has 1 aliphatic carbocycles. The molecule has 106 valence electrons. The van der Waals surface area contributed by atoms with Crippen LogP contribution < -0.4 is 11.3 Å². The van der Waals surface area contributed by atoms with Gasteiger partial charge >= 0.3 is 0 Å². The highest BCUT2D eigenvalue weighted by molar-refractivity contribution is 5.07. The Morgan fingerprint density at radius 3 is 2.67 bits per heavy atom. The lowest BCUT2D eigenvalue weighted by Gasteiger charge is -2.50. The third-order valence-electron chi connectivity index (χ3n) is 4.74. The van der Waals surface area contributed by atoms with Crippen molar-refractivity contribution >= 4 is 0 Å². The summed E-state index contributed by atoms with van der Waals surface area (Å²) in [5.74, 6) is 6.64. The van der Waals surface area contributed by atoms with Crippen LogP contribution in [0, 0.1) is 5.92 Å². The molecule has 18 heavy (non-hydrogen) atoms. The average molecular weight is 253 g/mol. The largest absolute Gasteiger partial charge is 0.302 e. The van der Waals surface area contributed by atoms with Crippen LogP contribution >= 0.6 is 0 Å². The van der Waals surface area contributed by atoms with Gasteiger partial charge in [-0.15, -0.1) is 0 Å². The summed E-state index contributed by atoms with van der Waals surface area (Å²) in [6, 6.07) is 0.308. The number of likely N-dealkylation sites (N-methyl/N-ethyl adjacent to an activating group) is 1. The van der Waals surface area contributed by atoms with Crippen LogP contribution in [0.3, 0.4) is 0 Å². The van der Waals surface area contributed by atoms with Gasteiger partial charge in [0, 0.05) is 11.6 Å². The second kappa shape index (κ2) is 6.69. The molecule has 0 heterocycles. The molecule has 0 aromatic rings. The molecule has 3 unspecified atom stereocenters. The molecule has 0 aromatic heterocycles. The minimum atomic E-state index is 0.185. The molecule has 1 aliphatic rings. The Kier molecular flexibility index (Phi) is 5.83. The Morgan fingerprint density at radius 2 is 2.22 bits per heavy atom. The highest BCUT2D eigenvalue weighted by Gasteiger charge is 2.43. The normalized spacial score (nSPS) is 30.4. The van der Waals surface area contributed by atoms with Crippen molar-refractivity contribution in [2.45, 2.75) is 64.0 Å². The van der Waals surface area contributed by atoms with Crippen molar-refractivity contribution in [3.05, 3.63) is 12.2 Å². The summed E-state index contributed by atoms with van der Waals surface area (Å²) in [5.41, 5.74) is 4.55. The topological polar surface area (TPSA) is 41.3 Å². The van der Waals surface area contributed by atoms with E-state index in [0.29, 0.717) is 6.04 Å². The Labute approximate surface area is 113 Å². The van der Waals surface area contributed by atoms with E-state index >= 15 is 0 Å². The van der Waals surface area contributed by atoms with Gasteiger partial charge in [-0.3, -0.25) is 11.3 Å². The van der Waals surface area contributed by atoms with E-state index < -0.39 is 0 Å². The predicted octanol–water partition coefficient (Wildman–Crippen LogP) is 2.69. The van der Waals surface area contributed by atoms with Gasteiger partial charge in [-0.25, -0.2) is 0 Å². The van der Waals surface area contributed by atoms with Crippen LogP contribution in [0.2, 0.25) is 0 Å². The van der Waals surface area contributed by atoms with Crippen molar-refractivity contribution in [1.29, 1.82) is 0 Å². The number of rotatable bonds is 6. The van der Waals surface area contributed by atoms with Crippen molar-refractivity contribution in [1.82, 2.24) is 10.3 Å². The molecule has 3 heteroatoms. The van der Waals surface area contributed by atoms with Gasteiger partial charge in [0.15, 0.2) is 0 Å². The van der Waals surface area contributed by atoms with Crippen LogP contribution in [0.15, 0.2) is 12.2 Å². The Bertz CT molecular complexity index is 275. The predicted molar refractivity (Wildman–Crippen MR) is 79.2 cm³/mol. The van der Waals surface area contributed by atoms with E-state index in [4.69, 9.17) is 5.84 Å². The van der Waals surface area contributed by atoms with Crippen LogP contribution in [0.1, 0.15) is 52.4 Å². The third kappa shape index (κ3) is 3.34. The van der Waals surface area contributed by atoms with E-state index in [9.17, 15) is 0 Å². The summed E-state index contributed by atoms with van der Waals surface area (Å²) in [7, 11) is 4.38. The maximum Gasteiger partial charge on any atom is 0.0431 e. The molecule has 3 atom stereocenters. The lowest BCUT2D eigenvalue weighted by Crippen LogP contribution is -2.62. The smallest absolute Gasteiger partial charge is 0.0431 e. The number of hydrogen-bond acceptors (Lipinski definition) is 3. The van der Waals surface area contributed by atoms with Crippen LogP contribution in [-0.4, -0.2) is 30.6 Å². The van der Waals surface area contributed by atoms with Crippen LogP contribution in [0.5, 0.6) is 0 Å². The molecule has 1 rings (SSSR count). The molecule has 0 radical (unpaired) electrons. The summed E-state index contributed by atoms with van der Waals surface area (Å²) in [6.07, 6.45) is 7.13. The standard InChI is InChI=1S/C15H31N3/c1-6-12(2)10-14(17-16)15(18(4)5)9-7-8-13(3)11-15/h13-14,17H,2,6-11,16H2,1,3-5H3. The maximum absolute atomic E-state index is 5.86. The van der Waals surface area contributed by atoms with Crippen molar-refractivity contribution in [3.8, 4) is 0 Å². The van der Waals surface area contributed by atoms with Gasteiger partial charge in [0.25, 0.3) is 0 Å². The maximum atomic E-state index is 5.86. The summed E-state index contributed by atoms with van der Waals surface area (Å²) in [4.78, 5) is 2.39. The molecule has 0 aromatic carbocycles. The van der Waals surface area contributed by atoms with E-state index in [-0.39, 0.29) is 5.54 Å². The fourth-order valence-electron chi connectivity index (χ4n) is 3.44. The van der Waals surface area contributed by atoms with Gasteiger partial charge in [0.1, 0.15) is 0 Å². The van der Waals surface area contributed by atoms with Gasteiger partial charge in [0.2, 0.25) is 0 Å². The SMILES string of the molecule is C=C(CC)CC(NN)C1(N(C)C)CCCC(C)C1. The zero-order chi connectivity index (χ0) is 13.8. The van der Waals surface area contributed by atoms with Gasteiger partial charge in [0.05, 0.1) is 0 Å². The Hall–Kier alpha value is -0.380. The molecule has 3 nitrogen and oxygen atoms in total. The van der Waals surface area contributed by atoms with Gasteiger partial charge in [-0.1, -0.05) is 38.8 Å². The highest BCUT2D eigenvalue weighted by Crippen LogP contribution is 2.39. The van der Waals surface area contributed by atoms with E-state index in [1.165, 1.54) is 31.3 Å². The zero-order valence-electron chi connectivity index (χ0n) is 12.6. The quantitative estimate of drug-likeness (QED) is 0.434. The number of nitrogens with zero attached hydrogens (tertiary/aromatic N) is 1. The first kappa shape index (κ1) is 15.7. The van der Waals surface area contributed by atoms with Crippen LogP contribution in [0.4, 0.5) is 0 Å². The van der Waals surface area contributed by atoms with E-state index in [1.807, 2.05) is 0 Å². The van der Waals surface area contributed by atoms with Gasteiger partial charge < -0.3 is 4.90 Å². The first-order valence-electron chi connectivity index (χ1n) is 7.26. The molecule has 0 bridgehead atoms. The molecular weight excluding hydrogens is 222 g/mol. The van der Waals surface area contributed by atoms with Gasteiger partial charge in [-0.2, -0.15) is 0 Å². The van der Waals surface area contributed by atoms with Gasteiger partial charge in [-0.05, 0) is 45.7 Å². The molecule has 0 spiro atoms. The summed E-state index contributed by atoms with van der Waals surface area (Å²) < 4.78 is 0. The first-order chi connectivity index (χ1) is 8.46. The Morgan fingerprint density at radius 1 is 1.56 bits per heavy atom. The lowest BCUT2D eigenvalue weighted by molar-refractivity contribution is 0.0371. The van der Waals surface area contributed by atoms with Crippen molar-refractivity contribution in [2.24, 2.45) is 11.8 Å². The molecule has 1 saturated carbocycles. The molecule has 0 saturated heterocycles. The summed E-state index contributed by atoms with van der Waals surface area (Å²) in [6.45, 7) is 8.68. The van der Waals surface area contributed by atoms with Crippen LogP contribution in [0.25, 0.3) is 0 Å². The molecule has 0 amide bonds. The summed E-state index contributed by atoms with van der Waals surface area (Å²) >= 11 is 0. The number of nitrogens with two attached hydrogens (primary N) is 1. The second-order valence-corrected chi connectivity index (χ2v) is 6.23. The van der Waals surface area contributed by atoms with E-state index in [0.717, 1.165) is 18.8 Å². The monoisotopic (exact) mass is 253 g/mol. The lowest BCUT2D eigenvalue weighted by atomic mass is 9.70. The molecule has 1 fully saturated rings. The van der Waals surface area contributed by atoms with Crippen molar-refractivity contribution in [3.63, 3.8) is 0 Å². The van der Waals surface area contributed by atoms with Crippen molar-refractivity contribution < 1.29 is 0 Å². The number of nitrogens with one attached hydrogen (secondary N) is 1. The highest BCUT2D eigenvalue weighted by atomic mass is 15.3. The molecule has 0 aliphatic heterocycles. The third-order valence-corrected chi connectivity index (χ3v) is 4.74. The molecular formula is C15H31N3. The zero-order valence-corrected chi connectivity index (χ0v) is 12.6. The van der Waals surface area contributed by atoms with E-state index in [1.54, 1.807) is 0 Å². The molecule has 3 N–H and O–H groups in total. The minimum Gasteiger partial charge on any atom is -0.302 e. The average Bonchev–Trinajstić information content (AvgIpc) is 2.35. The van der Waals surface area contributed by atoms with Crippen molar-refractivity contribution in [2.75, 3.05) is 14.1 Å². The minimum absolute atomic E-state index is 0.185. The second-order valence-electron chi connectivity index (χ2n) is 6.23. The van der Waals surface area contributed by atoms with E-state index in [2.05, 4.69) is 44.8 Å². The summed E-state index contributed by atoms with van der Waals surface area (Å²) in [5, 5.41) is 0. The fourth-order valence-corrected chi connectivity index (χ4v) is 3.44. The van der Waals surface area contributed by atoms with Crippen LogP contribution in [-0.2, 0) is 0 Å². The fraction of sp³-hybridized carbons (Fsp3) is 0.867. The number of hydrazine groups is 1.